The molecule has 0 spiro atoms. The Hall–Kier alpha value is -2.08. The molecule has 3 rings (SSSR count). The second kappa shape index (κ2) is 6.81. The van der Waals surface area contributed by atoms with E-state index in [4.69, 9.17) is 0 Å². The summed E-state index contributed by atoms with van der Waals surface area (Å²) in [6.07, 6.45) is 8.61. The van der Waals surface area contributed by atoms with Gasteiger partial charge in [0.05, 0.1) is 6.04 Å². The van der Waals surface area contributed by atoms with E-state index in [1.54, 1.807) is 0 Å². The zero-order valence-corrected chi connectivity index (χ0v) is 14.7. The third-order valence-corrected chi connectivity index (χ3v) is 5.70. The van der Waals surface area contributed by atoms with E-state index in [1.807, 2.05) is 23.1 Å². The van der Waals surface area contributed by atoms with Crippen molar-refractivity contribution in [2.45, 2.75) is 58.4 Å². The van der Waals surface area contributed by atoms with Crippen molar-refractivity contribution < 1.29 is 4.79 Å². The Morgan fingerprint density at radius 2 is 2.00 bits per heavy atom. The van der Waals surface area contributed by atoms with Crippen LogP contribution in [0.2, 0.25) is 0 Å². The number of nitrogens with zero attached hydrogens (tertiary/aromatic N) is 2. The van der Waals surface area contributed by atoms with Crippen molar-refractivity contribution >= 4 is 5.91 Å². The first-order valence-corrected chi connectivity index (χ1v) is 9.06. The molecule has 126 valence electrons. The molecule has 0 aromatic heterocycles. The molecule has 1 fully saturated rings. The molecule has 0 bridgehead atoms. The molecule has 24 heavy (non-hydrogen) atoms. The number of nitriles is 1. The van der Waals surface area contributed by atoms with Gasteiger partial charge in [0.1, 0.15) is 11.6 Å². The lowest BCUT2D eigenvalue weighted by molar-refractivity contribution is -0.129. The second-order valence-electron chi connectivity index (χ2n) is 7.51. The lowest BCUT2D eigenvalue weighted by Gasteiger charge is -2.36. The average Bonchev–Trinajstić information content (AvgIpc) is 2.60. The zero-order chi connectivity index (χ0) is 17.2. The number of rotatable bonds is 2. The lowest BCUT2D eigenvalue weighted by atomic mass is 9.74. The summed E-state index contributed by atoms with van der Waals surface area (Å²) in [6, 6.07) is 10.5. The van der Waals surface area contributed by atoms with Gasteiger partial charge in [-0.25, -0.2) is 0 Å². The number of carbonyl (C=O) groups is 1. The van der Waals surface area contributed by atoms with Crippen LogP contribution >= 0.6 is 0 Å². The highest BCUT2D eigenvalue weighted by atomic mass is 16.2. The number of amides is 1. The molecule has 1 aromatic rings. The highest BCUT2D eigenvalue weighted by Crippen LogP contribution is 2.38. The fourth-order valence-corrected chi connectivity index (χ4v) is 4.20. The highest BCUT2D eigenvalue weighted by molar-refractivity contribution is 5.97. The molecular weight excluding hydrogens is 296 g/mol. The maximum atomic E-state index is 13.0. The third-order valence-electron chi connectivity index (χ3n) is 5.70. The van der Waals surface area contributed by atoms with Gasteiger partial charge in [-0.15, -0.1) is 0 Å². The van der Waals surface area contributed by atoms with Crippen LogP contribution in [-0.2, 0) is 11.2 Å². The van der Waals surface area contributed by atoms with Crippen LogP contribution in [0.5, 0.6) is 0 Å². The van der Waals surface area contributed by atoms with E-state index >= 15 is 0 Å². The number of hydrogen-bond donors (Lipinski definition) is 0. The highest BCUT2D eigenvalue weighted by Gasteiger charge is 2.32. The molecule has 3 nitrogen and oxygen atoms in total. The van der Waals surface area contributed by atoms with Gasteiger partial charge >= 0.3 is 0 Å². The summed E-state index contributed by atoms with van der Waals surface area (Å²) in [5, 5.41) is 9.59. The molecule has 3 heteroatoms. The smallest absolute Gasteiger partial charge is 0.264 e. The van der Waals surface area contributed by atoms with E-state index in [9.17, 15) is 10.1 Å². The van der Waals surface area contributed by atoms with E-state index < -0.39 is 0 Å². The average molecular weight is 322 g/mol. The Morgan fingerprint density at radius 1 is 1.29 bits per heavy atom. The van der Waals surface area contributed by atoms with Crippen molar-refractivity contribution in [3.05, 3.63) is 47.0 Å². The predicted octanol–water partition coefficient (Wildman–Crippen LogP) is 4.55. The van der Waals surface area contributed by atoms with E-state index in [1.165, 1.54) is 30.4 Å². The molecule has 1 aliphatic carbocycles. The Balaban J connectivity index is 1.84. The van der Waals surface area contributed by atoms with Crippen molar-refractivity contribution in [3.63, 3.8) is 0 Å². The van der Waals surface area contributed by atoms with E-state index in [2.05, 4.69) is 32.0 Å². The van der Waals surface area contributed by atoms with Gasteiger partial charge in [0, 0.05) is 6.54 Å². The standard InChI is InChI=1S/C21H26N2O/c1-16-19-9-5-4-8-17(19)10-13-23(16)20(24)18(15-22)14-21(2)11-6-3-7-12-21/h4-5,8-9,14,16H,3,6-7,10-13H2,1-2H3/b18-14+. The number of hydrogen-bond acceptors (Lipinski definition) is 2. The largest absolute Gasteiger partial charge is 0.331 e. The summed E-state index contributed by atoms with van der Waals surface area (Å²) in [7, 11) is 0. The SMILES string of the molecule is CC1c2ccccc2CCN1C(=O)/C(C#N)=C/C1(C)CCCCC1. The van der Waals surface area contributed by atoms with Gasteiger partial charge in [-0.1, -0.05) is 56.5 Å². The first-order chi connectivity index (χ1) is 11.5. The van der Waals surface area contributed by atoms with Gasteiger partial charge in [-0.05, 0) is 42.7 Å². The minimum atomic E-state index is -0.105. The fraction of sp³-hybridized carbons (Fsp3) is 0.524. The van der Waals surface area contributed by atoms with Gasteiger partial charge in [0.2, 0.25) is 0 Å². The first kappa shape index (κ1) is 16.8. The normalized spacial score (nSPS) is 23.3. The summed E-state index contributed by atoms with van der Waals surface area (Å²) in [4.78, 5) is 14.9. The van der Waals surface area contributed by atoms with Crippen LogP contribution in [0.15, 0.2) is 35.9 Å². The summed E-state index contributed by atoms with van der Waals surface area (Å²) in [5.74, 6) is -0.105. The van der Waals surface area contributed by atoms with Crippen molar-refractivity contribution in [1.29, 1.82) is 5.26 Å². The number of carbonyl (C=O) groups excluding carboxylic acids is 1. The minimum absolute atomic E-state index is 0.00406. The monoisotopic (exact) mass is 322 g/mol. The molecule has 1 heterocycles. The van der Waals surface area contributed by atoms with Gasteiger partial charge in [-0.3, -0.25) is 4.79 Å². The quantitative estimate of drug-likeness (QED) is 0.592. The molecular formula is C21H26N2O. The predicted molar refractivity (Wildman–Crippen MR) is 95.2 cm³/mol. The van der Waals surface area contributed by atoms with Crippen LogP contribution in [-0.4, -0.2) is 17.4 Å². The summed E-state index contributed by atoms with van der Waals surface area (Å²) in [6.45, 7) is 4.94. The van der Waals surface area contributed by atoms with Gasteiger partial charge in [0.25, 0.3) is 5.91 Å². The zero-order valence-electron chi connectivity index (χ0n) is 14.7. The lowest BCUT2D eigenvalue weighted by Crippen LogP contribution is -2.39. The van der Waals surface area contributed by atoms with Crippen LogP contribution in [0.3, 0.4) is 0 Å². The van der Waals surface area contributed by atoms with Crippen molar-refractivity contribution in [3.8, 4) is 6.07 Å². The van der Waals surface area contributed by atoms with Gasteiger partial charge < -0.3 is 4.90 Å². The molecule has 1 saturated carbocycles. The van der Waals surface area contributed by atoms with Gasteiger partial charge in [-0.2, -0.15) is 5.26 Å². The Bertz CT molecular complexity index is 692. The molecule has 0 saturated heterocycles. The molecule has 1 aliphatic heterocycles. The minimum Gasteiger partial charge on any atom is -0.331 e. The van der Waals surface area contributed by atoms with Crippen molar-refractivity contribution in [2.75, 3.05) is 6.54 Å². The molecule has 0 radical (unpaired) electrons. The summed E-state index contributed by atoms with van der Waals surface area (Å²) >= 11 is 0. The maximum absolute atomic E-state index is 13.0. The van der Waals surface area contributed by atoms with Crippen molar-refractivity contribution in [1.82, 2.24) is 4.90 Å². The second-order valence-corrected chi connectivity index (χ2v) is 7.51. The fourth-order valence-electron chi connectivity index (χ4n) is 4.20. The third kappa shape index (κ3) is 3.24. The molecule has 1 atom stereocenters. The topological polar surface area (TPSA) is 44.1 Å². The molecule has 2 aliphatic rings. The van der Waals surface area contributed by atoms with Crippen LogP contribution in [0, 0.1) is 16.7 Å². The molecule has 1 amide bonds. The first-order valence-electron chi connectivity index (χ1n) is 9.06. The maximum Gasteiger partial charge on any atom is 0.264 e. The van der Waals surface area contributed by atoms with Crippen LogP contribution in [0.25, 0.3) is 0 Å². The Morgan fingerprint density at radius 3 is 2.71 bits per heavy atom. The van der Waals surface area contributed by atoms with Gasteiger partial charge in [0.15, 0.2) is 0 Å². The van der Waals surface area contributed by atoms with Crippen molar-refractivity contribution in [2.24, 2.45) is 5.41 Å². The van der Waals surface area contributed by atoms with Crippen LogP contribution in [0.4, 0.5) is 0 Å². The summed E-state index contributed by atoms with van der Waals surface area (Å²) < 4.78 is 0. The van der Waals surface area contributed by atoms with Crippen LogP contribution in [0.1, 0.15) is 63.1 Å². The molecule has 1 unspecified atom stereocenters. The number of fused-ring (bicyclic) bond motifs is 1. The summed E-state index contributed by atoms with van der Waals surface area (Å²) in [5.41, 5.74) is 2.84. The molecule has 1 aromatic carbocycles. The Kier molecular flexibility index (Phi) is 4.76. The van der Waals surface area contributed by atoms with E-state index in [0.29, 0.717) is 12.1 Å². The van der Waals surface area contributed by atoms with E-state index in [0.717, 1.165) is 19.3 Å². The van der Waals surface area contributed by atoms with E-state index in [-0.39, 0.29) is 17.4 Å². The Labute approximate surface area is 145 Å². The number of benzene rings is 1. The number of allylic oxidation sites excluding steroid dienone is 1. The molecule has 0 N–H and O–H groups in total. The van der Waals surface area contributed by atoms with Crippen LogP contribution < -0.4 is 0 Å².